The second kappa shape index (κ2) is 5.82. The lowest BCUT2D eigenvalue weighted by atomic mass is 10.2. The van der Waals surface area contributed by atoms with E-state index >= 15 is 0 Å². The molecule has 6 nitrogen and oxygen atoms in total. The van der Waals surface area contributed by atoms with Gasteiger partial charge in [-0.2, -0.15) is 0 Å². The van der Waals surface area contributed by atoms with Gasteiger partial charge in [-0.15, -0.1) is 0 Å². The van der Waals surface area contributed by atoms with Crippen molar-refractivity contribution >= 4 is 10.0 Å². The van der Waals surface area contributed by atoms with Crippen molar-refractivity contribution < 1.29 is 8.42 Å². The molecule has 0 aromatic rings. The largest absolute Gasteiger partial charge is 0.229 e. The molecule has 0 aliphatic heterocycles. The maximum absolute atomic E-state index is 10.4. The smallest absolute Gasteiger partial charge is 0.209 e. The lowest BCUT2D eigenvalue weighted by Gasteiger charge is -1.96. The van der Waals surface area contributed by atoms with E-state index in [1.807, 2.05) is 0 Å². The Bertz CT molecular complexity index is 255. The van der Waals surface area contributed by atoms with Crippen molar-refractivity contribution in [3.8, 4) is 0 Å². The first-order chi connectivity index (χ1) is 5.56. The number of hydrogen-bond donors (Lipinski definition) is 1. The van der Waals surface area contributed by atoms with Crippen LogP contribution in [0.3, 0.4) is 0 Å². The number of rotatable bonds is 6. The molecule has 0 saturated carbocycles. The first-order valence-corrected chi connectivity index (χ1v) is 5.29. The predicted octanol–water partition coefficient (Wildman–Crippen LogP) is 0.756. The number of primary sulfonamides is 1. The standard InChI is InChI=1S/C5H12N4O2S/c6-9-8-4-2-1-3-5-12(7,10)11/h1-5H2,(H2,7,10,11). The number of nitrogens with two attached hydrogens (primary N) is 1. The molecule has 0 aliphatic carbocycles. The van der Waals surface area contributed by atoms with E-state index in [1.165, 1.54) is 0 Å². The third-order valence-corrected chi connectivity index (χ3v) is 2.11. The van der Waals surface area contributed by atoms with Gasteiger partial charge >= 0.3 is 0 Å². The minimum atomic E-state index is -3.32. The summed E-state index contributed by atoms with van der Waals surface area (Å²) in [5.74, 6) is 0.00324. The Hall–Kier alpha value is -0.780. The lowest BCUT2D eigenvalue weighted by Crippen LogP contribution is -2.16. The quantitative estimate of drug-likeness (QED) is 0.290. The fourth-order valence-corrected chi connectivity index (χ4v) is 1.31. The maximum Gasteiger partial charge on any atom is 0.209 e. The second-order valence-corrected chi connectivity index (χ2v) is 4.12. The highest BCUT2D eigenvalue weighted by molar-refractivity contribution is 7.89. The molecule has 12 heavy (non-hydrogen) atoms. The Morgan fingerprint density at radius 1 is 1.33 bits per heavy atom. The number of azide groups is 1. The Labute approximate surface area is 71.4 Å². The summed E-state index contributed by atoms with van der Waals surface area (Å²) in [6.07, 6.45) is 1.95. The Morgan fingerprint density at radius 3 is 2.50 bits per heavy atom. The van der Waals surface area contributed by atoms with Crippen LogP contribution in [0.25, 0.3) is 10.4 Å². The molecule has 0 fully saturated rings. The molecule has 0 radical (unpaired) electrons. The third kappa shape index (κ3) is 9.22. The molecule has 0 aromatic heterocycles. The highest BCUT2D eigenvalue weighted by Gasteiger charge is 2.00. The van der Waals surface area contributed by atoms with Crippen LogP contribution >= 0.6 is 0 Å². The van der Waals surface area contributed by atoms with Crippen LogP contribution in [0.15, 0.2) is 5.11 Å². The molecule has 0 bridgehead atoms. The van der Waals surface area contributed by atoms with E-state index in [2.05, 4.69) is 10.0 Å². The van der Waals surface area contributed by atoms with E-state index in [0.717, 1.165) is 6.42 Å². The van der Waals surface area contributed by atoms with E-state index in [4.69, 9.17) is 10.7 Å². The summed E-state index contributed by atoms with van der Waals surface area (Å²) >= 11 is 0. The topological polar surface area (TPSA) is 109 Å². The normalized spacial score (nSPS) is 10.8. The van der Waals surface area contributed by atoms with E-state index in [9.17, 15) is 8.42 Å². The molecule has 0 heterocycles. The van der Waals surface area contributed by atoms with Gasteiger partial charge in [-0.25, -0.2) is 13.6 Å². The first-order valence-electron chi connectivity index (χ1n) is 3.57. The summed E-state index contributed by atoms with van der Waals surface area (Å²) in [4.78, 5) is 2.56. The minimum Gasteiger partial charge on any atom is -0.229 e. The van der Waals surface area contributed by atoms with Crippen molar-refractivity contribution in [3.05, 3.63) is 10.4 Å². The summed E-state index contributed by atoms with van der Waals surface area (Å²) in [6, 6.07) is 0. The molecule has 0 amide bonds. The Kier molecular flexibility index (Phi) is 5.44. The van der Waals surface area contributed by atoms with Gasteiger partial charge < -0.3 is 0 Å². The fraction of sp³-hybridized carbons (Fsp3) is 1.00. The number of hydrogen-bond acceptors (Lipinski definition) is 3. The van der Waals surface area contributed by atoms with E-state index < -0.39 is 10.0 Å². The summed E-state index contributed by atoms with van der Waals surface area (Å²) in [5.41, 5.74) is 7.89. The summed E-state index contributed by atoms with van der Waals surface area (Å²) in [7, 11) is -3.32. The van der Waals surface area contributed by atoms with Gasteiger partial charge in [-0.05, 0) is 18.4 Å². The van der Waals surface area contributed by atoms with Crippen LogP contribution < -0.4 is 5.14 Å². The van der Waals surface area contributed by atoms with Crippen molar-refractivity contribution in [2.24, 2.45) is 10.3 Å². The van der Waals surface area contributed by atoms with Crippen LogP contribution in [0.4, 0.5) is 0 Å². The molecule has 2 N–H and O–H groups in total. The minimum absolute atomic E-state index is 0.00324. The van der Waals surface area contributed by atoms with Gasteiger partial charge in [0.1, 0.15) is 0 Å². The SMILES string of the molecule is [N-]=[N+]=NCCCCCS(N)(=O)=O. The highest BCUT2D eigenvalue weighted by atomic mass is 32.2. The fourth-order valence-electron chi connectivity index (χ4n) is 0.707. The molecule has 0 unspecified atom stereocenters. The van der Waals surface area contributed by atoms with Crippen molar-refractivity contribution in [2.45, 2.75) is 19.3 Å². The number of sulfonamides is 1. The average molecular weight is 192 g/mol. The van der Waals surface area contributed by atoms with Gasteiger partial charge in [-0.3, -0.25) is 0 Å². The molecule has 0 aromatic carbocycles. The van der Waals surface area contributed by atoms with Gasteiger partial charge in [0.25, 0.3) is 0 Å². The van der Waals surface area contributed by atoms with Crippen LogP contribution in [0.5, 0.6) is 0 Å². The van der Waals surface area contributed by atoms with Crippen molar-refractivity contribution in [2.75, 3.05) is 12.3 Å². The Balaban J connectivity index is 3.28. The summed E-state index contributed by atoms with van der Waals surface area (Å²) < 4.78 is 20.8. The first kappa shape index (κ1) is 11.2. The number of nitrogens with zero attached hydrogens (tertiary/aromatic N) is 3. The highest BCUT2D eigenvalue weighted by Crippen LogP contribution is 1.97. The maximum atomic E-state index is 10.4. The van der Waals surface area contributed by atoms with Gasteiger partial charge in [-0.1, -0.05) is 11.5 Å². The molecular weight excluding hydrogens is 180 g/mol. The van der Waals surface area contributed by atoms with Gasteiger partial charge in [0.15, 0.2) is 0 Å². The van der Waals surface area contributed by atoms with E-state index in [1.54, 1.807) is 0 Å². The van der Waals surface area contributed by atoms with Crippen LogP contribution in [0, 0.1) is 0 Å². The molecule has 0 aliphatic rings. The zero-order valence-electron chi connectivity index (χ0n) is 6.68. The lowest BCUT2D eigenvalue weighted by molar-refractivity contribution is 0.591. The summed E-state index contributed by atoms with van der Waals surface area (Å²) in [5, 5.41) is 8.07. The molecule has 0 atom stereocenters. The Morgan fingerprint density at radius 2 is 2.00 bits per heavy atom. The van der Waals surface area contributed by atoms with Crippen LogP contribution in [-0.4, -0.2) is 20.7 Å². The number of unbranched alkanes of at least 4 members (excludes halogenated alkanes) is 2. The second-order valence-electron chi connectivity index (χ2n) is 2.38. The van der Waals surface area contributed by atoms with Crippen LogP contribution in [0.2, 0.25) is 0 Å². The van der Waals surface area contributed by atoms with E-state index in [0.29, 0.717) is 19.4 Å². The molecule has 0 rings (SSSR count). The predicted molar refractivity (Wildman–Crippen MR) is 45.8 cm³/mol. The van der Waals surface area contributed by atoms with Crippen molar-refractivity contribution in [3.63, 3.8) is 0 Å². The van der Waals surface area contributed by atoms with Gasteiger partial charge in [0, 0.05) is 11.5 Å². The average Bonchev–Trinajstić information content (AvgIpc) is 1.94. The molecule has 70 valence electrons. The van der Waals surface area contributed by atoms with Crippen molar-refractivity contribution in [1.29, 1.82) is 0 Å². The molecular formula is C5H12N4O2S. The zero-order chi connectivity index (χ0) is 9.45. The molecule has 0 saturated heterocycles. The van der Waals surface area contributed by atoms with Crippen molar-refractivity contribution in [1.82, 2.24) is 0 Å². The van der Waals surface area contributed by atoms with Crippen LogP contribution in [0.1, 0.15) is 19.3 Å². The van der Waals surface area contributed by atoms with E-state index in [-0.39, 0.29) is 5.75 Å². The zero-order valence-corrected chi connectivity index (χ0v) is 7.50. The van der Waals surface area contributed by atoms with Gasteiger partial charge in [0.2, 0.25) is 10.0 Å². The van der Waals surface area contributed by atoms with Crippen LogP contribution in [-0.2, 0) is 10.0 Å². The molecule has 0 spiro atoms. The third-order valence-electron chi connectivity index (χ3n) is 1.25. The van der Waals surface area contributed by atoms with Gasteiger partial charge in [0.05, 0.1) is 5.75 Å². The summed E-state index contributed by atoms with van der Waals surface area (Å²) in [6.45, 7) is 0.418. The molecule has 7 heteroatoms. The monoisotopic (exact) mass is 192 g/mol.